The summed E-state index contributed by atoms with van der Waals surface area (Å²) in [6, 6.07) is 2.62. The third kappa shape index (κ3) is 3.39. The largest absolute Gasteiger partial charge is 0.309 e. The van der Waals surface area contributed by atoms with E-state index in [0.29, 0.717) is 6.04 Å². The molecule has 112 valence electrons. The highest BCUT2D eigenvalue weighted by Gasteiger charge is 2.17. The molecule has 0 amide bonds. The second-order valence-electron chi connectivity index (χ2n) is 5.14. The van der Waals surface area contributed by atoms with Crippen LogP contribution in [0.15, 0.2) is 27.6 Å². The van der Waals surface area contributed by atoms with Crippen molar-refractivity contribution in [2.75, 3.05) is 6.54 Å². The van der Waals surface area contributed by atoms with Gasteiger partial charge in [-0.15, -0.1) is 22.7 Å². The molecule has 3 rings (SSSR count). The molecular weight excluding hydrogens is 366 g/mol. The van der Waals surface area contributed by atoms with E-state index in [1.165, 1.54) is 14.2 Å². The second-order valence-corrected chi connectivity index (χ2v) is 8.42. The van der Waals surface area contributed by atoms with E-state index in [2.05, 4.69) is 63.3 Å². The molecule has 0 aliphatic carbocycles. The van der Waals surface area contributed by atoms with E-state index in [1.807, 2.05) is 11.3 Å². The standard InChI is InChI=1S/C15H18BrN3S2/c1-3-4-17-12(13-7-10(2)14(16)21-13)8-11-9-19-5-6-20-15(19)18-11/h5-7,9,12,17H,3-4,8H2,1-2H3. The average Bonchev–Trinajstić information content (AvgIpc) is 3.10. The van der Waals surface area contributed by atoms with E-state index >= 15 is 0 Å². The number of rotatable bonds is 6. The van der Waals surface area contributed by atoms with Crippen molar-refractivity contribution in [3.8, 4) is 0 Å². The van der Waals surface area contributed by atoms with Crippen LogP contribution in [0.5, 0.6) is 0 Å². The summed E-state index contributed by atoms with van der Waals surface area (Å²) < 4.78 is 3.33. The molecular formula is C15H18BrN3S2. The number of hydrogen-bond donors (Lipinski definition) is 1. The molecule has 1 unspecified atom stereocenters. The van der Waals surface area contributed by atoms with Gasteiger partial charge in [0.15, 0.2) is 4.96 Å². The molecule has 1 N–H and O–H groups in total. The molecule has 0 saturated carbocycles. The monoisotopic (exact) mass is 383 g/mol. The summed E-state index contributed by atoms with van der Waals surface area (Å²) in [4.78, 5) is 7.16. The molecule has 0 aromatic carbocycles. The Bertz CT molecular complexity index is 680. The highest BCUT2D eigenvalue weighted by atomic mass is 79.9. The summed E-state index contributed by atoms with van der Waals surface area (Å²) in [6.45, 7) is 5.38. The zero-order valence-electron chi connectivity index (χ0n) is 12.1. The average molecular weight is 384 g/mol. The summed E-state index contributed by atoms with van der Waals surface area (Å²) in [6.07, 6.45) is 6.28. The van der Waals surface area contributed by atoms with Crippen molar-refractivity contribution in [3.05, 3.63) is 43.8 Å². The van der Waals surface area contributed by atoms with E-state index < -0.39 is 0 Å². The Morgan fingerprint density at radius 3 is 3.00 bits per heavy atom. The van der Waals surface area contributed by atoms with E-state index in [0.717, 1.165) is 30.0 Å². The van der Waals surface area contributed by atoms with Gasteiger partial charge in [-0.2, -0.15) is 0 Å². The lowest BCUT2D eigenvalue weighted by Gasteiger charge is -2.15. The first kappa shape index (κ1) is 15.2. The van der Waals surface area contributed by atoms with Crippen molar-refractivity contribution in [2.45, 2.75) is 32.7 Å². The van der Waals surface area contributed by atoms with Gasteiger partial charge in [0.1, 0.15) is 0 Å². The Hall–Kier alpha value is -0.690. The third-order valence-corrected chi connectivity index (χ3v) is 6.44. The molecule has 1 atom stereocenters. The molecule has 0 aliphatic rings. The number of thiazole rings is 1. The number of aryl methyl sites for hydroxylation is 1. The van der Waals surface area contributed by atoms with Crippen molar-refractivity contribution >= 4 is 43.6 Å². The highest BCUT2D eigenvalue weighted by Crippen LogP contribution is 2.33. The maximum atomic E-state index is 4.71. The van der Waals surface area contributed by atoms with Gasteiger partial charge in [0, 0.05) is 35.1 Å². The topological polar surface area (TPSA) is 29.3 Å². The number of imidazole rings is 1. The lowest BCUT2D eigenvalue weighted by Crippen LogP contribution is -2.23. The Labute approximate surface area is 141 Å². The van der Waals surface area contributed by atoms with Crippen LogP contribution in [-0.2, 0) is 6.42 Å². The van der Waals surface area contributed by atoms with Crippen LogP contribution < -0.4 is 5.32 Å². The first-order chi connectivity index (χ1) is 10.2. The normalized spacial score (nSPS) is 13.1. The third-order valence-electron chi connectivity index (χ3n) is 3.42. The Morgan fingerprint density at radius 1 is 1.48 bits per heavy atom. The van der Waals surface area contributed by atoms with E-state index in [-0.39, 0.29) is 0 Å². The number of hydrogen-bond acceptors (Lipinski definition) is 4. The summed E-state index contributed by atoms with van der Waals surface area (Å²) in [7, 11) is 0. The fourth-order valence-corrected chi connectivity index (χ4v) is 4.70. The molecule has 0 bridgehead atoms. The van der Waals surface area contributed by atoms with Gasteiger partial charge in [-0.3, -0.25) is 4.40 Å². The van der Waals surface area contributed by atoms with Crippen LogP contribution in [0.25, 0.3) is 4.96 Å². The fraction of sp³-hybridized carbons (Fsp3) is 0.400. The van der Waals surface area contributed by atoms with E-state index in [1.54, 1.807) is 11.3 Å². The molecule has 0 fully saturated rings. The molecule has 21 heavy (non-hydrogen) atoms. The number of nitrogens with zero attached hydrogens (tertiary/aromatic N) is 2. The van der Waals surface area contributed by atoms with Gasteiger partial charge in [0.05, 0.1) is 9.48 Å². The van der Waals surface area contributed by atoms with Gasteiger partial charge in [-0.05, 0) is 47.4 Å². The Balaban J connectivity index is 1.82. The predicted octanol–water partition coefficient (Wildman–Crippen LogP) is 4.81. The number of halogens is 1. The van der Waals surface area contributed by atoms with E-state index in [9.17, 15) is 0 Å². The summed E-state index contributed by atoms with van der Waals surface area (Å²) >= 11 is 7.14. The molecule has 3 nitrogen and oxygen atoms in total. The van der Waals surface area contributed by atoms with Gasteiger partial charge >= 0.3 is 0 Å². The quantitative estimate of drug-likeness (QED) is 0.661. The van der Waals surface area contributed by atoms with Crippen LogP contribution in [0.4, 0.5) is 0 Å². The fourth-order valence-electron chi connectivity index (χ4n) is 2.33. The van der Waals surface area contributed by atoms with Gasteiger partial charge in [-0.25, -0.2) is 4.98 Å². The van der Waals surface area contributed by atoms with Gasteiger partial charge in [0.25, 0.3) is 0 Å². The molecule has 6 heteroatoms. The molecule has 0 saturated heterocycles. The zero-order chi connectivity index (χ0) is 14.8. The van der Waals surface area contributed by atoms with Gasteiger partial charge in [-0.1, -0.05) is 6.92 Å². The summed E-state index contributed by atoms with van der Waals surface area (Å²) in [5, 5.41) is 5.72. The van der Waals surface area contributed by atoms with Crippen LogP contribution in [-0.4, -0.2) is 15.9 Å². The molecule has 3 aromatic rings. The minimum absolute atomic E-state index is 0.338. The molecule has 0 radical (unpaired) electrons. The molecule has 3 heterocycles. The van der Waals surface area contributed by atoms with Crippen molar-refractivity contribution in [1.82, 2.24) is 14.7 Å². The zero-order valence-corrected chi connectivity index (χ0v) is 15.3. The number of fused-ring (bicyclic) bond motifs is 1. The summed E-state index contributed by atoms with van der Waals surface area (Å²) in [5.74, 6) is 0. The number of thiophene rings is 1. The Kier molecular flexibility index (Phi) is 4.78. The van der Waals surface area contributed by atoms with Crippen LogP contribution in [0.2, 0.25) is 0 Å². The molecule has 0 spiro atoms. The Morgan fingerprint density at radius 2 is 2.33 bits per heavy atom. The number of nitrogens with one attached hydrogen (secondary N) is 1. The van der Waals surface area contributed by atoms with E-state index in [4.69, 9.17) is 4.98 Å². The lowest BCUT2D eigenvalue weighted by atomic mass is 10.1. The first-order valence-corrected chi connectivity index (χ1v) is 9.56. The minimum atomic E-state index is 0.338. The van der Waals surface area contributed by atoms with Gasteiger partial charge < -0.3 is 5.32 Å². The number of aromatic nitrogens is 2. The summed E-state index contributed by atoms with van der Waals surface area (Å²) in [5.41, 5.74) is 2.46. The van der Waals surface area contributed by atoms with Crippen LogP contribution >= 0.6 is 38.6 Å². The maximum absolute atomic E-state index is 4.71. The second kappa shape index (κ2) is 6.60. The van der Waals surface area contributed by atoms with Crippen molar-refractivity contribution in [2.24, 2.45) is 0 Å². The highest BCUT2D eigenvalue weighted by molar-refractivity contribution is 9.11. The van der Waals surface area contributed by atoms with Gasteiger partial charge in [0.2, 0.25) is 0 Å². The SMILES string of the molecule is CCCNC(Cc1cn2ccsc2n1)c1cc(C)c(Br)s1. The first-order valence-electron chi connectivity index (χ1n) is 7.07. The van der Waals surface area contributed by atoms with Crippen LogP contribution in [0.3, 0.4) is 0 Å². The van der Waals surface area contributed by atoms with Crippen LogP contribution in [0, 0.1) is 6.92 Å². The smallest absolute Gasteiger partial charge is 0.193 e. The van der Waals surface area contributed by atoms with Crippen molar-refractivity contribution in [1.29, 1.82) is 0 Å². The predicted molar refractivity (Wildman–Crippen MR) is 94.6 cm³/mol. The van der Waals surface area contributed by atoms with Crippen molar-refractivity contribution < 1.29 is 0 Å². The lowest BCUT2D eigenvalue weighted by molar-refractivity contribution is 0.532. The van der Waals surface area contributed by atoms with Crippen molar-refractivity contribution in [3.63, 3.8) is 0 Å². The molecule has 0 aliphatic heterocycles. The van der Waals surface area contributed by atoms with Crippen LogP contribution in [0.1, 0.15) is 35.5 Å². The maximum Gasteiger partial charge on any atom is 0.193 e. The minimum Gasteiger partial charge on any atom is -0.309 e. The molecule has 3 aromatic heterocycles.